The molecule has 2 heterocycles. The molecule has 1 amide bonds. The Morgan fingerprint density at radius 1 is 1.26 bits per heavy atom. The van der Waals surface area contributed by atoms with Crippen LogP contribution in [0.25, 0.3) is 0 Å². The smallest absolute Gasteiger partial charge is 0.272 e. The number of aromatic nitrogens is 1. The minimum Gasteiger partial charge on any atom is -0.373 e. The van der Waals surface area contributed by atoms with Crippen molar-refractivity contribution in [3.8, 4) is 0 Å². The van der Waals surface area contributed by atoms with Crippen LogP contribution in [0.1, 0.15) is 23.3 Å². The molecule has 0 atom stereocenters. The third-order valence-electron chi connectivity index (χ3n) is 3.89. The molecule has 0 unspecified atom stereocenters. The molecule has 5 heteroatoms. The van der Waals surface area contributed by atoms with Gasteiger partial charge in [-0.05, 0) is 25.0 Å². The van der Waals surface area contributed by atoms with Gasteiger partial charge in [-0.25, -0.2) is 4.98 Å². The molecule has 19 heavy (non-hydrogen) atoms. The Labute approximate surface area is 113 Å². The van der Waals surface area contributed by atoms with Gasteiger partial charge in [-0.3, -0.25) is 9.69 Å². The highest BCUT2D eigenvalue weighted by molar-refractivity contribution is 5.92. The zero-order valence-electron chi connectivity index (χ0n) is 11.3. The quantitative estimate of drug-likeness (QED) is 0.882. The van der Waals surface area contributed by atoms with E-state index < -0.39 is 0 Å². The third kappa shape index (κ3) is 2.71. The number of piperazine rings is 1. The lowest BCUT2D eigenvalue weighted by Gasteiger charge is -2.34. The Kier molecular flexibility index (Phi) is 3.38. The molecule has 5 nitrogen and oxygen atoms in total. The summed E-state index contributed by atoms with van der Waals surface area (Å²) in [5, 5.41) is 2.97. The average molecular weight is 260 g/mol. The number of carbonyl (C=O) groups excluding carboxylic acids is 1. The Balaban J connectivity index is 1.63. The highest BCUT2D eigenvalue weighted by Crippen LogP contribution is 2.27. The molecule has 2 fully saturated rings. The molecule has 1 saturated heterocycles. The standard InChI is InChI=1S/C14H20N4O/c1-15-13-4-2-3-12(16-13)14(19)18-9-7-17(8-10-18)11-5-6-11/h2-4,11H,5-10H2,1H3,(H,15,16). The van der Waals surface area contributed by atoms with E-state index in [1.54, 1.807) is 6.07 Å². The summed E-state index contributed by atoms with van der Waals surface area (Å²) >= 11 is 0. The predicted molar refractivity (Wildman–Crippen MR) is 74.3 cm³/mol. The number of carbonyl (C=O) groups is 1. The van der Waals surface area contributed by atoms with Gasteiger partial charge in [0.15, 0.2) is 0 Å². The van der Waals surface area contributed by atoms with E-state index in [0.29, 0.717) is 5.69 Å². The van der Waals surface area contributed by atoms with Gasteiger partial charge in [-0.15, -0.1) is 0 Å². The second-order valence-corrected chi connectivity index (χ2v) is 5.22. The minimum absolute atomic E-state index is 0.0487. The van der Waals surface area contributed by atoms with Gasteiger partial charge in [0.2, 0.25) is 0 Å². The first kappa shape index (κ1) is 12.4. The van der Waals surface area contributed by atoms with E-state index >= 15 is 0 Å². The van der Waals surface area contributed by atoms with Gasteiger partial charge < -0.3 is 10.2 Å². The van der Waals surface area contributed by atoms with E-state index in [0.717, 1.165) is 38.0 Å². The largest absolute Gasteiger partial charge is 0.373 e. The van der Waals surface area contributed by atoms with Crippen molar-refractivity contribution in [3.05, 3.63) is 23.9 Å². The van der Waals surface area contributed by atoms with Gasteiger partial charge in [-0.2, -0.15) is 0 Å². The SMILES string of the molecule is CNc1cccc(C(=O)N2CCN(C3CC3)CC2)n1. The van der Waals surface area contributed by atoms with E-state index in [2.05, 4.69) is 15.2 Å². The van der Waals surface area contributed by atoms with Gasteiger partial charge in [0.05, 0.1) is 0 Å². The molecule has 1 aliphatic carbocycles. The van der Waals surface area contributed by atoms with Gasteiger partial charge in [-0.1, -0.05) is 6.07 Å². The lowest BCUT2D eigenvalue weighted by Crippen LogP contribution is -2.49. The van der Waals surface area contributed by atoms with E-state index in [4.69, 9.17) is 0 Å². The van der Waals surface area contributed by atoms with Crippen molar-refractivity contribution in [1.82, 2.24) is 14.8 Å². The summed E-state index contributed by atoms with van der Waals surface area (Å²) < 4.78 is 0. The lowest BCUT2D eigenvalue weighted by atomic mass is 10.2. The zero-order valence-corrected chi connectivity index (χ0v) is 11.3. The number of nitrogens with one attached hydrogen (secondary N) is 1. The summed E-state index contributed by atoms with van der Waals surface area (Å²) in [5.74, 6) is 0.787. The van der Waals surface area contributed by atoms with E-state index in [9.17, 15) is 4.79 Å². The first-order valence-corrected chi connectivity index (χ1v) is 6.96. The van der Waals surface area contributed by atoms with E-state index in [1.807, 2.05) is 24.1 Å². The fourth-order valence-corrected chi connectivity index (χ4v) is 2.58. The number of hydrogen-bond donors (Lipinski definition) is 1. The highest BCUT2D eigenvalue weighted by Gasteiger charge is 2.32. The van der Waals surface area contributed by atoms with Crippen LogP contribution in [0, 0.1) is 0 Å². The molecule has 1 aromatic rings. The number of anilines is 1. The maximum atomic E-state index is 12.4. The molecule has 1 aliphatic heterocycles. The first-order chi connectivity index (χ1) is 9.28. The fraction of sp³-hybridized carbons (Fsp3) is 0.571. The molecule has 1 N–H and O–H groups in total. The van der Waals surface area contributed by atoms with Crippen molar-refractivity contribution < 1.29 is 4.79 Å². The normalized spacial score (nSPS) is 20.4. The van der Waals surface area contributed by atoms with Crippen molar-refractivity contribution in [2.45, 2.75) is 18.9 Å². The summed E-state index contributed by atoms with van der Waals surface area (Å²) in [5.41, 5.74) is 0.534. The topological polar surface area (TPSA) is 48.5 Å². The molecule has 0 spiro atoms. The predicted octanol–water partition coefficient (Wildman–Crippen LogP) is 1.04. The maximum absolute atomic E-state index is 12.4. The van der Waals surface area contributed by atoms with Crippen LogP contribution in [-0.2, 0) is 0 Å². The molecule has 0 bridgehead atoms. The van der Waals surface area contributed by atoms with Gasteiger partial charge >= 0.3 is 0 Å². The molecule has 0 radical (unpaired) electrons. The molecule has 3 rings (SSSR count). The van der Waals surface area contributed by atoms with Crippen molar-refractivity contribution >= 4 is 11.7 Å². The summed E-state index contributed by atoms with van der Waals surface area (Å²) in [4.78, 5) is 21.1. The monoisotopic (exact) mass is 260 g/mol. The molecule has 0 aromatic carbocycles. The summed E-state index contributed by atoms with van der Waals surface area (Å²) in [6.07, 6.45) is 2.67. The van der Waals surface area contributed by atoms with Crippen LogP contribution in [0.15, 0.2) is 18.2 Å². The molecule has 102 valence electrons. The van der Waals surface area contributed by atoms with Crippen molar-refractivity contribution in [2.75, 3.05) is 38.5 Å². The summed E-state index contributed by atoms with van der Waals surface area (Å²) in [7, 11) is 1.81. The molecule has 1 aromatic heterocycles. The highest BCUT2D eigenvalue weighted by atomic mass is 16.2. The van der Waals surface area contributed by atoms with Gasteiger partial charge in [0.1, 0.15) is 11.5 Å². The van der Waals surface area contributed by atoms with E-state index in [-0.39, 0.29) is 5.91 Å². The second kappa shape index (κ2) is 5.17. The van der Waals surface area contributed by atoms with Crippen LogP contribution in [0.2, 0.25) is 0 Å². The van der Waals surface area contributed by atoms with Crippen LogP contribution in [0.4, 0.5) is 5.82 Å². The van der Waals surface area contributed by atoms with Crippen LogP contribution in [0.3, 0.4) is 0 Å². The number of nitrogens with zero attached hydrogens (tertiary/aromatic N) is 3. The number of hydrogen-bond acceptors (Lipinski definition) is 4. The molecule has 2 aliphatic rings. The Morgan fingerprint density at radius 3 is 2.63 bits per heavy atom. The minimum atomic E-state index is 0.0487. The summed E-state index contributed by atoms with van der Waals surface area (Å²) in [6, 6.07) is 6.31. The van der Waals surface area contributed by atoms with Crippen molar-refractivity contribution in [2.24, 2.45) is 0 Å². The number of rotatable bonds is 3. The Hall–Kier alpha value is -1.62. The Morgan fingerprint density at radius 2 is 2.00 bits per heavy atom. The van der Waals surface area contributed by atoms with Gasteiger partial charge in [0.25, 0.3) is 5.91 Å². The van der Waals surface area contributed by atoms with Crippen molar-refractivity contribution in [1.29, 1.82) is 0 Å². The van der Waals surface area contributed by atoms with Crippen LogP contribution >= 0.6 is 0 Å². The van der Waals surface area contributed by atoms with Crippen LogP contribution < -0.4 is 5.32 Å². The zero-order chi connectivity index (χ0) is 13.2. The lowest BCUT2D eigenvalue weighted by molar-refractivity contribution is 0.0621. The number of amides is 1. The van der Waals surface area contributed by atoms with Crippen LogP contribution in [-0.4, -0.2) is 60.0 Å². The summed E-state index contributed by atoms with van der Waals surface area (Å²) in [6.45, 7) is 3.64. The van der Waals surface area contributed by atoms with E-state index in [1.165, 1.54) is 12.8 Å². The maximum Gasteiger partial charge on any atom is 0.272 e. The number of pyridine rings is 1. The molecular formula is C14H20N4O. The fourth-order valence-electron chi connectivity index (χ4n) is 2.58. The average Bonchev–Trinajstić information content (AvgIpc) is 3.31. The van der Waals surface area contributed by atoms with Crippen LogP contribution in [0.5, 0.6) is 0 Å². The molecular weight excluding hydrogens is 240 g/mol. The first-order valence-electron chi connectivity index (χ1n) is 6.96. The second-order valence-electron chi connectivity index (χ2n) is 5.22. The van der Waals surface area contributed by atoms with Crippen molar-refractivity contribution in [3.63, 3.8) is 0 Å². The third-order valence-corrected chi connectivity index (χ3v) is 3.89. The Bertz CT molecular complexity index is 464. The molecule has 1 saturated carbocycles. The van der Waals surface area contributed by atoms with Gasteiger partial charge in [0, 0.05) is 39.3 Å².